The molecule has 0 heterocycles. The van der Waals surface area contributed by atoms with E-state index in [1.54, 1.807) is 6.20 Å². The Bertz CT molecular complexity index is 33.9. The molecule has 0 aliphatic heterocycles. The highest BCUT2D eigenvalue weighted by molar-refractivity contribution is 6.09. The Morgan fingerprint density at radius 1 is 1.80 bits per heavy atom. The van der Waals surface area contributed by atoms with Crippen molar-refractivity contribution in [1.29, 1.82) is 0 Å². The molecule has 0 bridgehead atoms. The number of hydrogen-bond donors (Lipinski definition) is 1. The second-order valence-corrected chi connectivity index (χ2v) is 1.65. The van der Waals surface area contributed by atoms with Gasteiger partial charge in [-0.2, -0.15) is 0 Å². The molecule has 0 aliphatic carbocycles. The zero-order valence-corrected chi connectivity index (χ0v) is 5.44. The molecule has 0 aliphatic rings. The van der Waals surface area contributed by atoms with Crippen LogP contribution in [0, 0.1) is 0 Å². The van der Waals surface area contributed by atoms with Crippen molar-refractivity contribution >= 4 is 10.2 Å². The SMILES string of the molecule is N/C=C/C[SiH3]. The van der Waals surface area contributed by atoms with E-state index in [0.29, 0.717) is 0 Å². The molecule has 0 aromatic rings. The van der Waals surface area contributed by atoms with Crippen LogP contribution in [0.4, 0.5) is 0 Å². The molecule has 0 spiro atoms. The Morgan fingerprint density at radius 3 is 2.40 bits per heavy atom. The molecule has 0 aromatic carbocycles. The molecular weight excluding hydrogens is 78.1 g/mol. The van der Waals surface area contributed by atoms with E-state index in [2.05, 4.69) is 0 Å². The highest BCUT2D eigenvalue weighted by atomic mass is 28.1. The maximum Gasteiger partial charge on any atom is 0.00763 e. The van der Waals surface area contributed by atoms with Crippen molar-refractivity contribution < 1.29 is 0 Å². The van der Waals surface area contributed by atoms with Crippen molar-refractivity contribution in [2.45, 2.75) is 6.04 Å². The van der Waals surface area contributed by atoms with Gasteiger partial charge in [0.2, 0.25) is 0 Å². The third-order valence-corrected chi connectivity index (χ3v) is 0.843. The molecule has 0 unspecified atom stereocenters. The molecule has 30 valence electrons. The maximum absolute atomic E-state index is 4.98. The second-order valence-electron chi connectivity index (χ2n) is 0.836. The van der Waals surface area contributed by atoms with Gasteiger partial charge in [-0.15, -0.1) is 0 Å². The molecule has 0 radical (unpaired) electrons. The number of rotatable bonds is 1. The summed E-state index contributed by atoms with van der Waals surface area (Å²) in [5, 5.41) is 0. The Balaban J connectivity index is 2.62. The van der Waals surface area contributed by atoms with Crippen LogP contribution in [0.25, 0.3) is 0 Å². The predicted octanol–water partition coefficient (Wildman–Crippen LogP) is -0.757. The minimum absolute atomic E-state index is 1.18. The fourth-order valence-electron chi connectivity index (χ4n) is 0.136. The Morgan fingerprint density at radius 2 is 2.40 bits per heavy atom. The number of allylic oxidation sites excluding steroid dienone is 1. The monoisotopic (exact) mass is 87.1 g/mol. The smallest absolute Gasteiger partial charge is 0.00763 e. The Labute approximate surface area is 35.3 Å². The van der Waals surface area contributed by atoms with Crippen molar-refractivity contribution in [3.8, 4) is 0 Å². The van der Waals surface area contributed by atoms with Crippen LogP contribution < -0.4 is 5.73 Å². The Hall–Kier alpha value is -0.243. The Kier molecular flexibility index (Phi) is 3.57. The van der Waals surface area contributed by atoms with Gasteiger partial charge in [0, 0.05) is 10.2 Å². The largest absolute Gasteiger partial charge is 0.405 e. The van der Waals surface area contributed by atoms with Crippen molar-refractivity contribution in [2.24, 2.45) is 5.73 Å². The molecule has 0 amide bonds. The van der Waals surface area contributed by atoms with Gasteiger partial charge in [0.1, 0.15) is 0 Å². The van der Waals surface area contributed by atoms with Crippen LogP contribution in [0.1, 0.15) is 0 Å². The summed E-state index contributed by atoms with van der Waals surface area (Å²) in [5.74, 6) is 0. The van der Waals surface area contributed by atoms with Crippen LogP contribution in [0.15, 0.2) is 12.3 Å². The molecule has 0 fully saturated rings. The number of nitrogens with two attached hydrogens (primary N) is 1. The summed E-state index contributed by atoms with van der Waals surface area (Å²) in [6, 6.07) is 1.18. The van der Waals surface area contributed by atoms with E-state index < -0.39 is 0 Å². The third-order valence-electron chi connectivity index (χ3n) is 0.372. The van der Waals surface area contributed by atoms with E-state index in [-0.39, 0.29) is 0 Å². The summed E-state index contributed by atoms with van der Waals surface area (Å²) in [6.07, 6.45) is 3.55. The lowest BCUT2D eigenvalue weighted by molar-refractivity contribution is 1.55. The summed E-state index contributed by atoms with van der Waals surface area (Å²) >= 11 is 0. The zero-order valence-electron chi connectivity index (χ0n) is 3.44. The molecular formula is C3H9NSi. The fourth-order valence-corrected chi connectivity index (χ4v) is 0.408. The topological polar surface area (TPSA) is 26.0 Å². The predicted molar refractivity (Wildman–Crippen MR) is 28.1 cm³/mol. The molecule has 1 nitrogen and oxygen atoms in total. The molecule has 0 atom stereocenters. The minimum Gasteiger partial charge on any atom is -0.405 e. The summed E-state index contributed by atoms with van der Waals surface area (Å²) in [7, 11) is 1.23. The summed E-state index contributed by atoms with van der Waals surface area (Å²) < 4.78 is 0. The van der Waals surface area contributed by atoms with Gasteiger partial charge in [0.15, 0.2) is 0 Å². The van der Waals surface area contributed by atoms with E-state index >= 15 is 0 Å². The van der Waals surface area contributed by atoms with Gasteiger partial charge in [-0.25, -0.2) is 0 Å². The molecule has 2 N–H and O–H groups in total. The van der Waals surface area contributed by atoms with Crippen molar-refractivity contribution in [2.75, 3.05) is 0 Å². The third kappa shape index (κ3) is 3.76. The average Bonchev–Trinajstić information content (AvgIpc) is 1.41. The summed E-state index contributed by atoms with van der Waals surface area (Å²) in [4.78, 5) is 0. The van der Waals surface area contributed by atoms with Gasteiger partial charge in [-0.3, -0.25) is 0 Å². The molecule has 0 saturated heterocycles. The average molecular weight is 87.2 g/mol. The number of hydrogen-bond acceptors (Lipinski definition) is 1. The van der Waals surface area contributed by atoms with E-state index in [1.807, 2.05) is 6.08 Å². The van der Waals surface area contributed by atoms with Crippen LogP contribution in [-0.2, 0) is 0 Å². The van der Waals surface area contributed by atoms with Crippen molar-refractivity contribution in [1.82, 2.24) is 0 Å². The first kappa shape index (κ1) is 4.76. The molecule has 2 heteroatoms. The molecule has 0 aromatic heterocycles. The minimum atomic E-state index is 1.18. The molecule has 0 rings (SSSR count). The normalized spacial score (nSPS) is 10.4. The van der Waals surface area contributed by atoms with Gasteiger partial charge < -0.3 is 5.73 Å². The van der Waals surface area contributed by atoms with Crippen LogP contribution in [0.2, 0.25) is 6.04 Å². The molecule has 0 saturated carbocycles. The van der Waals surface area contributed by atoms with Crippen LogP contribution >= 0.6 is 0 Å². The van der Waals surface area contributed by atoms with Gasteiger partial charge in [-0.05, 0) is 12.2 Å². The van der Waals surface area contributed by atoms with Crippen LogP contribution in [0.3, 0.4) is 0 Å². The van der Waals surface area contributed by atoms with Gasteiger partial charge in [0.25, 0.3) is 0 Å². The van der Waals surface area contributed by atoms with E-state index in [1.165, 1.54) is 16.3 Å². The van der Waals surface area contributed by atoms with Crippen molar-refractivity contribution in [3.63, 3.8) is 0 Å². The van der Waals surface area contributed by atoms with Gasteiger partial charge in [0.05, 0.1) is 0 Å². The quantitative estimate of drug-likeness (QED) is 0.418. The highest BCUT2D eigenvalue weighted by Gasteiger charge is 1.52. The van der Waals surface area contributed by atoms with E-state index in [4.69, 9.17) is 5.73 Å². The van der Waals surface area contributed by atoms with E-state index in [9.17, 15) is 0 Å². The second kappa shape index (κ2) is 3.76. The van der Waals surface area contributed by atoms with Crippen LogP contribution in [0.5, 0.6) is 0 Å². The first-order valence-electron chi connectivity index (χ1n) is 1.78. The van der Waals surface area contributed by atoms with Gasteiger partial charge in [-0.1, -0.05) is 6.08 Å². The lowest BCUT2D eigenvalue weighted by atomic mass is 10.7. The lowest BCUT2D eigenvalue weighted by Gasteiger charge is -1.66. The summed E-state index contributed by atoms with van der Waals surface area (Å²) in [6.45, 7) is 0. The van der Waals surface area contributed by atoms with E-state index in [0.717, 1.165) is 0 Å². The fraction of sp³-hybridized carbons (Fsp3) is 0.333. The maximum atomic E-state index is 4.98. The van der Waals surface area contributed by atoms with Crippen LogP contribution in [-0.4, -0.2) is 10.2 Å². The standard InChI is InChI=1S/C3H9NSi/c4-2-1-3-5/h1-2H,3-4H2,5H3/b2-1+. The highest BCUT2D eigenvalue weighted by Crippen LogP contribution is 1.66. The van der Waals surface area contributed by atoms with Crippen molar-refractivity contribution in [3.05, 3.63) is 12.3 Å². The first-order valence-corrected chi connectivity index (χ1v) is 3.20. The molecule has 5 heavy (non-hydrogen) atoms. The first-order chi connectivity index (χ1) is 2.41. The zero-order chi connectivity index (χ0) is 4.12. The van der Waals surface area contributed by atoms with Gasteiger partial charge >= 0.3 is 0 Å². The summed E-state index contributed by atoms with van der Waals surface area (Å²) in [5.41, 5.74) is 4.98. The lowest BCUT2D eigenvalue weighted by Crippen LogP contribution is -1.73.